The molecule has 0 aliphatic carbocycles. The molecule has 1 fully saturated rings. The number of hydrogen-bond donors (Lipinski definition) is 0. The highest BCUT2D eigenvalue weighted by Crippen LogP contribution is 2.27. The lowest BCUT2D eigenvalue weighted by Gasteiger charge is -2.37. The van der Waals surface area contributed by atoms with Gasteiger partial charge in [-0.05, 0) is 25.3 Å². The van der Waals surface area contributed by atoms with Crippen molar-refractivity contribution in [2.75, 3.05) is 29.9 Å². The largest absolute Gasteiger partial charge is 0.356 e. The Hall–Kier alpha value is -2.77. The van der Waals surface area contributed by atoms with Gasteiger partial charge in [0.25, 0.3) is 0 Å². The second-order valence-corrected chi connectivity index (χ2v) is 6.59. The monoisotopic (exact) mass is 338 g/mol. The molecular weight excluding hydrogens is 316 g/mol. The molecule has 0 radical (unpaired) electrons. The molecule has 25 heavy (non-hydrogen) atoms. The van der Waals surface area contributed by atoms with Crippen LogP contribution in [0.1, 0.15) is 18.4 Å². The van der Waals surface area contributed by atoms with Crippen LogP contribution in [-0.4, -0.2) is 55.9 Å². The molecular formula is C17H22N8. The Kier molecular flexibility index (Phi) is 3.95. The first-order valence-electron chi connectivity index (χ1n) is 8.52. The van der Waals surface area contributed by atoms with Gasteiger partial charge in [0.2, 0.25) is 5.95 Å². The van der Waals surface area contributed by atoms with E-state index in [2.05, 4.69) is 41.9 Å². The average molecular weight is 338 g/mol. The van der Waals surface area contributed by atoms with E-state index in [1.165, 1.54) is 0 Å². The molecule has 3 aromatic rings. The number of fused-ring (bicyclic) bond motifs is 1. The van der Waals surface area contributed by atoms with Crippen molar-refractivity contribution in [1.82, 2.24) is 29.7 Å². The van der Waals surface area contributed by atoms with E-state index in [9.17, 15) is 0 Å². The van der Waals surface area contributed by atoms with Crippen LogP contribution in [0.4, 0.5) is 11.8 Å². The summed E-state index contributed by atoms with van der Waals surface area (Å²) >= 11 is 0. The van der Waals surface area contributed by atoms with Crippen molar-refractivity contribution >= 4 is 22.8 Å². The van der Waals surface area contributed by atoms with Gasteiger partial charge in [0.15, 0.2) is 5.65 Å². The van der Waals surface area contributed by atoms with E-state index in [0.717, 1.165) is 54.3 Å². The third-order valence-electron chi connectivity index (χ3n) is 4.90. The third kappa shape index (κ3) is 2.88. The van der Waals surface area contributed by atoms with E-state index in [1.54, 1.807) is 11.0 Å². The average Bonchev–Trinajstić information content (AvgIpc) is 3.03. The topological polar surface area (TPSA) is 75.9 Å². The van der Waals surface area contributed by atoms with Crippen molar-refractivity contribution in [3.8, 4) is 0 Å². The standard InChI is InChI=1S/C17H22N8/c1-12-8-18-17(19-9-12)23(2)13-4-6-25(7-5-13)16-14-10-22-24(3)15(14)20-11-21-16/h8-11,13H,4-7H2,1-3H3. The van der Waals surface area contributed by atoms with Crippen LogP contribution in [0.25, 0.3) is 11.0 Å². The van der Waals surface area contributed by atoms with E-state index in [4.69, 9.17) is 0 Å². The van der Waals surface area contributed by atoms with Crippen LogP contribution < -0.4 is 9.80 Å². The van der Waals surface area contributed by atoms with Gasteiger partial charge in [0.05, 0.1) is 11.6 Å². The Morgan fingerprint density at radius 3 is 2.48 bits per heavy atom. The number of rotatable bonds is 3. The van der Waals surface area contributed by atoms with Gasteiger partial charge in [-0.2, -0.15) is 5.10 Å². The lowest BCUT2D eigenvalue weighted by atomic mass is 10.0. The van der Waals surface area contributed by atoms with Crippen molar-refractivity contribution in [2.24, 2.45) is 7.05 Å². The molecule has 3 aromatic heterocycles. The molecule has 0 N–H and O–H groups in total. The highest BCUT2D eigenvalue weighted by Gasteiger charge is 2.26. The minimum atomic E-state index is 0.435. The fourth-order valence-corrected chi connectivity index (χ4v) is 3.40. The molecule has 0 spiro atoms. The van der Waals surface area contributed by atoms with Crippen LogP contribution in [0, 0.1) is 6.92 Å². The van der Waals surface area contributed by atoms with Crippen LogP contribution in [-0.2, 0) is 7.05 Å². The maximum atomic E-state index is 4.50. The maximum Gasteiger partial charge on any atom is 0.225 e. The van der Waals surface area contributed by atoms with Crippen LogP contribution >= 0.6 is 0 Å². The normalized spacial score (nSPS) is 15.7. The molecule has 0 atom stereocenters. The molecule has 0 bridgehead atoms. The van der Waals surface area contributed by atoms with E-state index in [0.29, 0.717) is 6.04 Å². The molecule has 1 saturated heterocycles. The van der Waals surface area contributed by atoms with Crippen molar-refractivity contribution in [3.63, 3.8) is 0 Å². The number of hydrogen-bond acceptors (Lipinski definition) is 7. The van der Waals surface area contributed by atoms with Crippen LogP contribution in [0.15, 0.2) is 24.9 Å². The van der Waals surface area contributed by atoms with Gasteiger partial charge < -0.3 is 9.80 Å². The van der Waals surface area contributed by atoms with Crippen LogP contribution in [0.3, 0.4) is 0 Å². The minimum absolute atomic E-state index is 0.435. The highest BCUT2D eigenvalue weighted by atomic mass is 15.3. The summed E-state index contributed by atoms with van der Waals surface area (Å²) in [4.78, 5) is 22.2. The maximum absolute atomic E-state index is 4.50. The SMILES string of the molecule is Cc1cnc(N(C)C2CCN(c3ncnc4c3cnn4C)CC2)nc1. The molecule has 0 saturated carbocycles. The number of anilines is 2. The van der Waals surface area contributed by atoms with E-state index < -0.39 is 0 Å². The molecule has 0 aromatic carbocycles. The van der Waals surface area contributed by atoms with E-state index >= 15 is 0 Å². The lowest BCUT2D eigenvalue weighted by Crippen LogP contribution is -2.44. The van der Waals surface area contributed by atoms with Crippen molar-refractivity contribution < 1.29 is 0 Å². The van der Waals surface area contributed by atoms with Crippen LogP contribution in [0.2, 0.25) is 0 Å². The van der Waals surface area contributed by atoms with E-state index in [1.807, 2.05) is 32.6 Å². The summed E-state index contributed by atoms with van der Waals surface area (Å²) in [6, 6.07) is 0.435. The first-order valence-corrected chi connectivity index (χ1v) is 8.52. The summed E-state index contributed by atoms with van der Waals surface area (Å²) in [5, 5.41) is 5.32. The second kappa shape index (κ2) is 6.27. The number of aromatic nitrogens is 6. The predicted molar refractivity (Wildman–Crippen MR) is 96.7 cm³/mol. The molecule has 4 rings (SSSR count). The Balaban J connectivity index is 1.48. The molecule has 0 unspecified atom stereocenters. The van der Waals surface area contributed by atoms with Gasteiger partial charge >= 0.3 is 0 Å². The molecule has 8 nitrogen and oxygen atoms in total. The van der Waals surface area contributed by atoms with Gasteiger partial charge in [0, 0.05) is 45.6 Å². The number of nitrogens with zero attached hydrogens (tertiary/aromatic N) is 8. The Labute approximate surface area is 146 Å². The zero-order chi connectivity index (χ0) is 17.4. The highest BCUT2D eigenvalue weighted by molar-refractivity contribution is 5.86. The molecule has 4 heterocycles. The Bertz CT molecular complexity index is 864. The number of aryl methyl sites for hydroxylation is 2. The summed E-state index contributed by atoms with van der Waals surface area (Å²) in [5.41, 5.74) is 1.95. The predicted octanol–water partition coefficient (Wildman–Crippen LogP) is 1.57. The van der Waals surface area contributed by atoms with Crippen LogP contribution in [0.5, 0.6) is 0 Å². The molecule has 1 aliphatic rings. The Morgan fingerprint density at radius 1 is 1.04 bits per heavy atom. The van der Waals surface area contributed by atoms with E-state index in [-0.39, 0.29) is 0 Å². The quantitative estimate of drug-likeness (QED) is 0.717. The molecule has 1 aliphatic heterocycles. The molecule has 130 valence electrons. The minimum Gasteiger partial charge on any atom is -0.356 e. The zero-order valence-corrected chi connectivity index (χ0v) is 14.8. The third-order valence-corrected chi connectivity index (χ3v) is 4.90. The Morgan fingerprint density at radius 2 is 1.76 bits per heavy atom. The fourth-order valence-electron chi connectivity index (χ4n) is 3.40. The van der Waals surface area contributed by atoms with Crippen molar-refractivity contribution in [1.29, 1.82) is 0 Å². The summed E-state index contributed by atoms with van der Waals surface area (Å²) in [7, 11) is 3.98. The summed E-state index contributed by atoms with van der Waals surface area (Å²) < 4.78 is 1.79. The van der Waals surface area contributed by atoms with Gasteiger partial charge in [-0.25, -0.2) is 19.9 Å². The lowest BCUT2D eigenvalue weighted by molar-refractivity contribution is 0.476. The number of piperidine rings is 1. The summed E-state index contributed by atoms with van der Waals surface area (Å²) in [6.07, 6.45) is 9.29. The van der Waals surface area contributed by atoms with Crippen molar-refractivity contribution in [3.05, 3.63) is 30.5 Å². The molecule has 8 heteroatoms. The second-order valence-electron chi connectivity index (χ2n) is 6.59. The summed E-state index contributed by atoms with van der Waals surface area (Å²) in [6.45, 7) is 3.90. The van der Waals surface area contributed by atoms with Gasteiger partial charge in [-0.15, -0.1) is 0 Å². The van der Waals surface area contributed by atoms with Gasteiger partial charge in [0.1, 0.15) is 12.1 Å². The van der Waals surface area contributed by atoms with Crippen molar-refractivity contribution in [2.45, 2.75) is 25.8 Å². The van der Waals surface area contributed by atoms with Gasteiger partial charge in [-0.3, -0.25) is 4.68 Å². The first kappa shape index (κ1) is 15.7. The van der Waals surface area contributed by atoms with Gasteiger partial charge in [-0.1, -0.05) is 0 Å². The summed E-state index contributed by atoms with van der Waals surface area (Å²) in [5.74, 6) is 1.77. The smallest absolute Gasteiger partial charge is 0.225 e. The first-order chi connectivity index (χ1) is 12.1. The zero-order valence-electron chi connectivity index (χ0n) is 14.8. The fraction of sp³-hybridized carbons (Fsp3) is 0.471. The molecule has 0 amide bonds.